The lowest BCUT2D eigenvalue weighted by molar-refractivity contribution is 0.169. The van der Waals surface area contributed by atoms with E-state index in [1.165, 1.54) is 11.8 Å². The molecule has 0 radical (unpaired) electrons. The molecule has 3 aromatic rings. The Bertz CT molecular complexity index is 1090. The molecule has 1 atom stereocenters. The number of halogens is 1. The fourth-order valence-electron chi connectivity index (χ4n) is 4.23. The number of hydrogen-bond acceptors (Lipinski definition) is 10. The summed E-state index contributed by atoms with van der Waals surface area (Å²) in [4.78, 5) is 16.0. The van der Waals surface area contributed by atoms with Crippen molar-refractivity contribution in [3.8, 4) is 0 Å². The summed E-state index contributed by atoms with van der Waals surface area (Å²) in [6.07, 6.45) is 7.01. The molecule has 1 spiro atoms. The van der Waals surface area contributed by atoms with Crippen molar-refractivity contribution >= 4 is 40.8 Å². The van der Waals surface area contributed by atoms with Gasteiger partial charge in [0.25, 0.3) is 0 Å². The topological polar surface area (TPSA) is 151 Å². The standard InChI is InChI=1S/C18H21ClN10S/c19-13-11(1-4-23-15(13)21)30-17-16(22)26-12(8-24-17)28-5-2-18(3-6-28)9-29-10(14(18)20)7-25-27-29/h1,4,7-8,14H,2-3,5-6,9,20H2,(H2,21,23)(H2,22,26)/t14-/m1/s1. The minimum absolute atomic E-state index is 0.0224. The quantitative estimate of drug-likeness (QED) is 0.544. The van der Waals surface area contributed by atoms with Crippen molar-refractivity contribution in [1.82, 2.24) is 29.9 Å². The lowest BCUT2D eigenvalue weighted by Crippen LogP contribution is -2.45. The third-order valence-electron chi connectivity index (χ3n) is 6.01. The zero-order valence-electron chi connectivity index (χ0n) is 16.1. The molecule has 10 nitrogen and oxygen atoms in total. The fourth-order valence-corrected chi connectivity index (χ4v) is 5.24. The average Bonchev–Trinajstić information content (AvgIpc) is 3.29. The minimum atomic E-state index is -0.0397. The Kier molecular flexibility index (Phi) is 4.68. The van der Waals surface area contributed by atoms with Gasteiger partial charge in [-0.05, 0) is 18.9 Å². The van der Waals surface area contributed by atoms with Crippen molar-refractivity contribution in [2.24, 2.45) is 11.1 Å². The van der Waals surface area contributed by atoms with Gasteiger partial charge in [0.2, 0.25) is 0 Å². The maximum absolute atomic E-state index is 6.53. The highest BCUT2D eigenvalue weighted by molar-refractivity contribution is 7.99. The van der Waals surface area contributed by atoms with Crippen LogP contribution in [0.1, 0.15) is 24.6 Å². The summed E-state index contributed by atoms with van der Waals surface area (Å²) in [5.74, 6) is 1.39. The van der Waals surface area contributed by atoms with Crippen LogP contribution < -0.4 is 22.1 Å². The molecule has 2 aliphatic rings. The van der Waals surface area contributed by atoms with Gasteiger partial charge in [0, 0.05) is 29.6 Å². The number of aromatic nitrogens is 6. The van der Waals surface area contributed by atoms with Crippen LogP contribution in [0.4, 0.5) is 17.5 Å². The van der Waals surface area contributed by atoms with E-state index in [0.717, 1.165) is 48.9 Å². The lowest BCUT2D eigenvalue weighted by Gasteiger charge is -2.41. The second-order valence-corrected chi connectivity index (χ2v) is 9.08. The van der Waals surface area contributed by atoms with Crippen molar-refractivity contribution in [2.75, 3.05) is 29.5 Å². The summed E-state index contributed by atoms with van der Waals surface area (Å²) in [5, 5.41) is 9.08. The Labute approximate surface area is 182 Å². The molecular weight excluding hydrogens is 424 g/mol. The molecule has 156 valence electrons. The van der Waals surface area contributed by atoms with Crippen LogP contribution in [0, 0.1) is 5.41 Å². The van der Waals surface area contributed by atoms with Crippen LogP contribution in [-0.2, 0) is 6.54 Å². The van der Waals surface area contributed by atoms with Gasteiger partial charge in [-0.2, -0.15) is 0 Å². The van der Waals surface area contributed by atoms with Crippen LogP contribution >= 0.6 is 23.4 Å². The molecule has 0 aliphatic carbocycles. The van der Waals surface area contributed by atoms with Gasteiger partial charge in [-0.1, -0.05) is 28.6 Å². The normalized spacial score (nSPS) is 19.9. The molecule has 2 aliphatic heterocycles. The molecule has 6 N–H and O–H groups in total. The number of pyridine rings is 1. The largest absolute Gasteiger partial charge is 0.382 e. The van der Waals surface area contributed by atoms with E-state index in [-0.39, 0.29) is 17.3 Å². The number of anilines is 3. The van der Waals surface area contributed by atoms with E-state index in [2.05, 4.69) is 30.2 Å². The van der Waals surface area contributed by atoms with Crippen LogP contribution in [0.15, 0.2) is 34.6 Å². The number of rotatable bonds is 3. The Morgan fingerprint density at radius 1 is 1.13 bits per heavy atom. The zero-order valence-corrected chi connectivity index (χ0v) is 17.6. The zero-order chi connectivity index (χ0) is 20.9. The van der Waals surface area contributed by atoms with Crippen molar-refractivity contribution in [2.45, 2.75) is 35.3 Å². The second kappa shape index (κ2) is 7.25. The van der Waals surface area contributed by atoms with Gasteiger partial charge in [-0.3, -0.25) is 0 Å². The first-order valence-corrected chi connectivity index (χ1v) is 10.8. The first-order chi connectivity index (χ1) is 14.5. The Hall–Kier alpha value is -2.63. The van der Waals surface area contributed by atoms with Crippen LogP contribution in [-0.4, -0.2) is 43.0 Å². The predicted molar refractivity (Wildman–Crippen MR) is 115 cm³/mol. The van der Waals surface area contributed by atoms with Gasteiger partial charge >= 0.3 is 0 Å². The van der Waals surface area contributed by atoms with Crippen molar-refractivity contribution < 1.29 is 0 Å². The summed E-state index contributed by atoms with van der Waals surface area (Å²) in [6.45, 7) is 2.48. The van der Waals surface area contributed by atoms with Gasteiger partial charge in [0.15, 0.2) is 5.82 Å². The van der Waals surface area contributed by atoms with E-state index in [1.807, 2.05) is 4.68 Å². The molecule has 1 fully saturated rings. The highest BCUT2D eigenvalue weighted by atomic mass is 35.5. The third kappa shape index (κ3) is 3.13. The van der Waals surface area contributed by atoms with Crippen LogP contribution in [0.2, 0.25) is 5.02 Å². The SMILES string of the molecule is Nc1nc(N2CCC3(CC2)Cn2nncc2[C@H]3N)cnc1Sc1ccnc(N)c1Cl. The van der Waals surface area contributed by atoms with Gasteiger partial charge in [-0.25, -0.2) is 19.6 Å². The number of hydrogen-bond donors (Lipinski definition) is 3. The number of fused-ring (bicyclic) bond motifs is 1. The lowest BCUT2D eigenvalue weighted by atomic mass is 9.74. The highest BCUT2D eigenvalue weighted by Gasteiger charge is 2.47. The van der Waals surface area contributed by atoms with E-state index < -0.39 is 0 Å². The van der Waals surface area contributed by atoms with E-state index in [4.69, 9.17) is 28.8 Å². The molecule has 5 rings (SSSR count). The van der Waals surface area contributed by atoms with Crippen LogP contribution in [0.25, 0.3) is 0 Å². The van der Waals surface area contributed by atoms with E-state index in [9.17, 15) is 0 Å². The Morgan fingerprint density at radius 2 is 1.93 bits per heavy atom. The maximum atomic E-state index is 6.53. The molecule has 0 aromatic carbocycles. The number of nitrogens with two attached hydrogens (primary N) is 3. The van der Waals surface area contributed by atoms with Crippen LogP contribution in [0.3, 0.4) is 0 Å². The van der Waals surface area contributed by atoms with Crippen molar-refractivity contribution in [1.29, 1.82) is 0 Å². The summed E-state index contributed by atoms with van der Waals surface area (Å²) < 4.78 is 1.93. The first kappa shape index (κ1) is 19.3. The third-order valence-corrected chi connectivity index (χ3v) is 7.59. The van der Waals surface area contributed by atoms with E-state index >= 15 is 0 Å². The van der Waals surface area contributed by atoms with E-state index in [1.54, 1.807) is 24.7 Å². The van der Waals surface area contributed by atoms with Gasteiger partial charge in [-0.15, -0.1) is 5.10 Å². The average molecular weight is 445 g/mol. The Morgan fingerprint density at radius 3 is 2.67 bits per heavy atom. The maximum Gasteiger partial charge on any atom is 0.158 e. The van der Waals surface area contributed by atoms with Crippen LogP contribution in [0.5, 0.6) is 0 Å². The molecule has 3 aromatic heterocycles. The van der Waals surface area contributed by atoms with Gasteiger partial charge in [0.05, 0.1) is 35.7 Å². The molecule has 30 heavy (non-hydrogen) atoms. The minimum Gasteiger partial charge on any atom is -0.382 e. The number of nitrogens with zero attached hydrogens (tertiary/aromatic N) is 7. The molecule has 12 heteroatoms. The highest BCUT2D eigenvalue weighted by Crippen LogP contribution is 2.47. The second-order valence-electron chi connectivity index (χ2n) is 7.67. The van der Waals surface area contributed by atoms with Gasteiger partial charge < -0.3 is 22.1 Å². The van der Waals surface area contributed by atoms with Crippen molar-refractivity contribution in [3.63, 3.8) is 0 Å². The Balaban J connectivity index is 1.29. The summed E-state index contributed by atoms with van der Waals surface area (Å²) in [5.41, 5.74) is 19.5. The monoisotopic (exact) mass is 444 g/mol. The fraction of sp³-hybridized carbons (Fsp3) is 0.389. The molecule has 0 bridgehead atoms. The summed E-state index contributed by atoms with van der Waals surface area (Å²) in [6, 6.07) is 1.73. The molecular formula is C18H21ClN10S. The van der Waals surface area contributed by atoms with Crippen molar-refractivity contribution in [3.05, 3.63) is 35.4 Å². The molecule has 1 saturated heterocycles. The smallest absolute Gasteiger partial charge is 0.158 e. The first-order valence-electron chi connectivity index (χ1n) is 9.56. The summed E-state index contributed by atoms with van der Waals surface area (Å²) in [7, 11) is 0. The number of nitrogen functional groups attached to an aromatic ring is 2. The number of piperidine rings is 1. The molecule has 0 saturated carbocycles. The molecule has 0 unspecified atom stereocenters. The molecule has 0 amide bonds. The predicted octanol–water partition coefficient (Wildman–Crippen LogP) is 1.73. The van der Waals surface area contributed by atoms with E-state index in [0.29, 0.717) is 15.9 Å². The van der Waals surface area contributed by atoms with Gasteiger partial charge in [0.1, 0.15) is 16.7 Å². The molecule has 5 heterocycles. The summed E-state index contributed by atoms with van der Waals surface area (Å²) >= 11 is 7.54.